The van der Waals surface area contributed by atoms with Gasteiger partial charge in [0.15, 0.2) is 5.82 Å². The number of aromatic nitrogens is 2. The van der Waals surface area contributed by atoms with Gasteiger partial charge < -0.3 is 15.8 Å². The van der Waals surface area contributed by atoms with Crippen LogP contribution < -0.4 is 15.8 Å². The molecule has 1 heterocycles. The Morgan fingerprint density at radius 1 is 1.03 bits per heavy atom. The predicted octanol–water partition coefficient (Wildman–Crippen LogP) is 4.86. The number of nitrogens with zero attached hydrogens (tertiary/aromatic N) is 2. The molecule has 1 atom stereocenters. The second-order valence-electron chi connectivity index (χ2n) is 7.62. The fourth-order valence-electron chi connectivity index (χ4n) is 4.19. The third kappa shape index (κ3) is 3.37. The molecule has 0 aliphatic heterocycles. The van der Waals surface area contributed by atoms with E-state index in [-0.39, 0.29) is 6.04 Å². The van der Waals surface area contributed by atoms with Crippen molar-refractivity contribution in [1.82, 2.24) is 9.97 Å². The molecule has 3 N–H and O–H groups in total. The van der Waals surface area contributed by atoms with E-state index < -0.39 is 0 Å². The van der Waals surface area contributed by atoms with Crippen LogP contribution in [0.1, 0.15) is 29.2 Å². The number of aryl methyl sites for hydroxylation is 1. The van der Waals surface area contributed by atoms with Crippen LogP contribution in [0.3, 0.4) is 0 Å². The molecule has 0 fully saturated rings. The largest absolute Gasteiger partial charge is 0.497 e. The Labute approximate surface area is 175 Å². The van der Waals surface area contributed by atoms with E-state index in [1.54, 1.807) is 7.11 Å². The van der Waals surface area contributed by atoms with Crippen molar-refractivity contribution in [2.24, 2.45) is 5.73 Å². The molecule has 0 bridgehead atoms. The van der Waals surface area contributed by atoms with Gasteiger partial charge in [-0.05, 0) is 53.8 Å². The van der Waals surface area contributed by atoms with Crippen LogP contribution in [0.5, 0.6) is 5.75 Å². The van der Waals surface area contributed by atoms with Gasteiger partial charge in [0.05, 0.1) is 18.7 Å². The lowest BCUT2D eigenvalue weighted by Crippen LogP contribution is -2.10. The Morgan fingerprint density at radius 3 is 2.80 bits per heavy atom. The van der Waals surface area contributed by atoms with Gasteiger partial charge in [-0.1, -0.05) is 42.5 Å². The molecule has 1 aliphatic carbocycles. The molecule has 5 nitrogen and oxygen atoms in total. The molecular weight excluding hydrogens is 372 g/mol. The van der Waals surface area contributed by atoms with Gasteiger partial charge in [0.25, 0.3) is 0 Å². The van der Waals surface area contributed by atoms with Crippen molar-refractivity contribution in [3.63, 3.8) is 0 Å². The second kappa shape index (κ2) is 7.76. The van der Waals surface area contributed by atoms with Crippen LogP contribution in [0.4, 0.5) is 5.82 Å². The van der Waals surface area contributed by atoms with Crippen LogP contribution in [-0.2, 0) is 13.0 Å². The van der Waals surface area contributed by atoms with Gasteiger partial charge in [0.2, 0.25) is 0 Å². The van der Waals surface area contributed by atoms with Gasteiger partial charge in [0.1, 0.15) is 11.6 Å². The molecule has 5 heteroatoms. The van der Waals surface area contributed by atoms with E-state index in [2.05, 4.69) is 29.6 Å². The van der Waals surface area contributed by atoms with E-state index in [9.17, 15) is 0 Å². The summed E-state index contributed by atoms with van der Waals surface area (Å²) >= 11 is 0. The second-order valence-corrected chi connectivity index (χ2v) is 7.62. The van der Waals surface area contributed by atoms with Crippen LogP contribution in [0, 0.1) is 0 Å². The summed E-state index contributed by atoms with van der Waals surface area (Å²) < 4.78 is 5.38. The Hall–Kier alpha value is -3.44. The highest BCUT2D eigenvalue weighted by Crippen LogP contribution is 2.36. The summed E-state index contributed by atoms with van der Waals surface area (Å²) in [5.41, 5.74) is 11.6. The standard InChI is InChI=1S/C25H24N4O/c1-30-19-6-4-5-18(14-19)24-27-22-8-3-2-7-21(22)25(29-24)28-23-12-10-17-13-16(15-26)9-11-20(17)23/h2-9,11,13-14,23H,10,12,15,26H2,1H3,(H,27,28,29). The molecular formula is C25H24N4O. The molecule has 1 aliphatic rings. The van der Waals surface area contributed by atoms with Crippen molar-refractivity contribution < 1.29 is 4.74 Å². The van der Waals surface area contributed by atoms with Crippen LogP contribution in [-0.4, -0.2) is 17.1 Å². The van der Waals surface area contributed by atoms with Gasteiger partial charge in [-0.3, -0.25) is 0 Å². The minimum absolute atomic E-state index is 0.225. The first-order valence-corrected chi connectivity index (χ1v) is 10.2. The zero-order valence-electron chi connectivity index (χ0n) is 16.9. The number of rotatable bonds is 5. The van der Waals surface area contributed by atoms with E-state index in [1.165, 1.54) is 16.7 Å². The van der Waals surface area contributed by atoms with Crippen molar-refractivity contribution in [3.05, 3.63) is 83.4 Å². The summed E-state index contributed by atoms with van der Waals surface area (Å²) in [5.74, 6) is 2.34. The van der Waals surface area contributed by atoms with E-state index in [0.717, 1.165) is 40.9 Å². The fourth-order valence-corrected chi connectivity index (χ4v) is 4.19. The lowest BCUT2D eigenvalue weighted by molar-refractivity contribution is 0.415. The van der Waals surface area contributed by atoms with Crippen LogP contribution in [0.2, 0.25) is 0 Å². The monoisotopic (exact) mass is 396 g/mol. The number of para-hydroxylation sites is 1. The Kier molecular flexibility index (Phi) is 4.81. The molecule has 30 heavy (non-hydrogen) atoms. The maximum absolute atomic E-state index is 5.82. The zero-order chi connectivity index (χ0) is 20.5. The number of fused-ring (bicyclic) bond motifs is 2. The Balaban J connectivity index is 1.56. The Morgan fingerprint density at radius 2 is 1.93 bits per heavy atom. The van der Waals surface area contributed by atoms with Crippen LogP contribution in [0.25, 0.3) is 22.3 Å². The minimum Gasteiger partial charge on any atom is -0.497 e. The molecule has 1 unspecified atom stereocenters. The highest BCUT2D eigenvalue weighted by atomic mass is 16.5. The van der Waals surface area contributed by atoms with Gasteiger partial charge in [0, 0.05) is 17.5 Å². The first-order chi connectivity index (χ1) is 14.7. The molecule has 0 saturated carbocycles. The van der Waals surface area contributed by atoms with Crippen LogP contribution >= 0.6 is 0 Å². The minimum atomic E-state index is 0.225. The van der Waals surface area contributed by atoms with E-state index in [4.69, 9.17) is 20.4 Å². The average molecular weight is 396 g/mol. The first-order valence-electron chi connectivity index (χ1n) is 10.2. The number of benzene rings is 3. The lowest BCUT2D eigenvalue weighted by Gasteiger charge is -2.17. The molecule has 5 rings (SSSR count). The average Bonchev–Trinajstić information content (AvgIpc) is 3.20. The number of ether oxygens (including phenoxy) is 1. The number of nitrogens with one attached hydrogen (secondary N) is 1. The number of nitrogens with two attached hydrogens (primary N) is 1. The highest BCUT2D eigenvalue weighted by molar-refractivity contribution is 5.90. The van der Waals surface area contributed by atoms with Gasteiger partial charge in [-0.25, -0.2) is 9.97 Å². The van der Waals surface area contributed by atoms with E-state index in [1.807, 2.05) is 42.5 Å². The number of methoxy groups -OCH3 is 1. The normalized spacial score (nSPS) is 15.2. The third-order valence-electron chi connectivity index (χ3n) is 5.76. The Bertz CT molecular complexity index is 1220. The van der Waals surface area contributed by atoms with Crippen molar-refractivity contribution in [2.45, 2.75) is 25.4 Å². The molecule has 1 aromatic heterocycles. The summed E-state index contributed by atoms with van der Waals surface area (Å²) in [6.07, 6.45) is 2.09. The van der Waals surface area contributed by atoms with Crippen molar-refractivity contribution in [3.8, 4) is 17.1 Å². The molecule has 150 valence electrons. The fraction of sp³-hybridized carbons (Fsp3) is 0.200. The maximum atomic E-state index is 5.82. The molecule has 3 aromatic carbocycles. The first kappa shape index (κ1) is 18.6. The smallest absolute Gasteiger partial charge is 0.162 e. The summed E-state index contributed by atoms with van der Waals surface area (Å²) in [6.45, 7) is 0.575. The maximum Gasteiger partial charge on any atom is 0.162 e. The van der Waals surface area contributed by atoms with Gasteiger partial charge >= 0.3 is 0 Å². The number of hydrogen-bond donors (Lipinski definition) is 2. The van der Waals surface area contributed by atoms with Crippen molar-refractivity contribution >= 4 is 16.7 Å². The zero-order valence-corrected chi connectivity index (χ0v) is 16.9. The van der Waals surface area contributed by atoms with Crippen LogP contribution in [0.15, 0.2) is 66.7 Å². The lowest BCUT2D eigenvalue weighted by atomic mass is 10.0. The number of anilines is 1. The molecule has 0 amide bonds. The predicted molar refractivity (Wildman–Crippen MR) is 121 cm³/mol. The van der Waals surface area contributed by atoms with Gasteiger partial charge in [-0.2, -0.15) is 0 Å². The summed E-state index contributed by atoms with van der Waals surface area (Å²) in [7, 11) is 1.67. The summed E-state index contributed by atoms with van der Waals surface area (Å²) in [6, 6.07) is 22.8. The highest BCUT2D eigenvalue weighted by Gasteiger charge is 2.24. The van der Waals surface area contributed by atoms with Crippen molar-refractivity contribution in [2.75, 3.05) is 12.4 Å². The summed E-state index contributed by atoms with van der Waals surface area (Å²) in [5, 5.41) is 4.73. The third-order valence-corrected chi connectivity index (χ3v) is 5.76. The molecule has 4 aromatic rings. The van der Waals surface area contributed by atoms with E-state index in [0.29, 0.717) is 12.4 Å². The summed E-state index contributed by atoms with van der Waals surface area (Å²) in [4.78, 5) is 9.72. The topological polar surface area (TPSA) is 73.1 Å². The van der Waals surface area contributed by atoms with Crippen molar-refractivity contribution in [1.29, 1.82) is 0 Å². The molecule has 0 radical (unpaired) electrons. The molecule has 0 saturated heterocycles. The number of hydrogen-bond acceptors (Lipinski definition) is 5. The quantitative estimate of drug-likeness (QED) is 0.504. The van der Waals surface area contributed by atoms with Gasteiger partial charge in [-0.15, -0.1) is 0 Å². The van der Waals surface area contributed by atoms with E-state index >= 15 is 0 Å². The SMILES string of the molecule is COc1cccc(-c2nc(NC3CCc4cc(CN)ccc43)c3ccccc3n2)c1. The molecule has 0 spiro atoms.